The second-order valence-electron chi connectivity index (χ2n) is 7.41. The second kappa shape index (κ2) is 12.1. The molecule has 186 valence electrons. The number of carbonyl (C=O) groups is 2. The maximum atomic E-state index is 12.9. The molecule has 0 atom stereocenters. The van der Waals surface area contributed by atoms with Gasteiger partial charge in [0.2, 0.25) is 0 Å². The van der Waals surface area contributed by atoms with E-state index >= 15 is 0 Å². The molecule has 11 heteroatoms. The van der Waals surface area contributed by atoms with Crippen molar-refractivity contribution in [2.75, 3.05) is 38.2 Å². The molecule has 2 aromatic carbocycles. The van der Waals surface area contributed by atoms with Crippen molar-refractivity contribution in [3.8, 4) is 5.75 Å². The van der Waals surface area contributed by atoms with Gasteiger partial charge in [0.25, 0.3) is 11.6 Å². The van der Waals surface area contributed by atoms with Gasteiger partial charge in [-0.1, -0.05) is 19.9 Å². The Kier molecular flexibility index (Phi) is 9.19. The Morgan fingerprint density at radius 2 is 1.80 bits per heavy atom. The van der Waals surface area contributed by atoms with Crippen LogP contribution in [-0.2, 0) is 4.74 Å². The molecule has 0 unspecified atom stereocenters. The number of benzene rings is 2. The number of non-ortho nitro benzene ring substituents is 1. The number of nitro groups is 1. The minimum atomic E-state index is -0.561. The zero-order chi connectivity index (χ0) is 25.5. The number of amides is 1. The normalized spacial score (nSPS) is 11.0. The highest BCUT2D eigenvalue weighted by Crippen LogP contribution is 2.44. The third kappa shape index (κ3) is 6.16. The molecule has 0 saturated carbocycles. The molecule has 0 aliphatic carbocycles. The van der Waals surface area contributed by atoms with Crippen molar-refractivity contribution in [1.29, 1.82) is 0 Å². The number of nitrogens with one attached hydrogen (secondary N) is 1. The quantitative estimate of drug-likeness (QED) is 0.180. The van der Waals surface area contributed by atoms with Crippen LogP contribution >= 0.6 is 27.3 Å². The van der Waals surface area contributed by atoms with Gasteiger partial charge in [-0.05, 0) is 54.1 Å². The molecule has 35 heavy (non-hydrogen) atoms. The number of nitrogens with zero attached hydrogens (tertiary/aromatic N) is 2. The molecule has 3 rings (SSSR count). The van der Waals surface area contributed by atoms with E-state index in [4.69, 9.17) is 9.47 Å². The molecule has 1 N–H and O–H groups in total. The first-order valence-electron chi connectivity index (χ1n) is 11.1. The maximum Gasteiger partial charge on any atom is 0.341 e. The van der Waals surface area contributed by atoms with E-state index in [1.807, 2.05) is 0 Å². The predicted octanol–water partition coefficient (Wildman–Crippen LogP) is 5.72. The second-order valence-corrected chi connectivity index (χ2v) is 9.29. The molecular weight excluding hydrogens is 538 g/mol. The largest absolute Gasteiger partial charge is 0.490 e. The van der Waals surface area contributed by atoms with Crippen molar-refractivity contribution in [2.45, 2.75) is 20.8 Å². The first kappa shape index (κ1) is 26.6. The zero-order valence-electron chi connectivity index (χ0n) is 19.6. The third-order valence-electron chi connectivity index (χ3n) is 5.36. The molecule has 0 bridgehead atoms. The van der Waals surface area contributed by atoms with Gasteiger partial charge in [-0.2, -0.15) is 0 Å². The number of nitro benzene ring substituents is 1. The molecule has 0 spiro atoms. The highest BCUT2D eigenvalue weighted by molar-refractivity contribution is 9.10. The Morgan fingerprint density at radius 3 is 2.40 bits per heavy atom. The van der Waals surface area contributed by atoms with Crippen LogP contribution in [0.4, 0.5) is 10.7 Å². The van der Waals surface area contributed by atoms with Crippen molar-refractivity contribution in [3.05, 3.63) is 62.1 Å². The molecule has 3 aromatic rings. The Hall–Kier alpha value is -3.02. The first-order chi connectivity index (χ1) is 16.8. The lowest BCUT2D eigenvalue weighted by atomic mass is 10.1. The van der Waals surface area contributed by atoms with Gasteiger partial charge in [-0.3, -0.25) is 14.9 Å². The van der Waals surface area contributed by atoms with Gasteiger partial charge in [0.15, 0.2) is 5.75 Å². The Bertz CT molecular complexity index is 1220. The number of hydrogen-bond acceptors (Lipinski definition) is 8. The van der Waals surface area contributed by atoms with Crippen LogP contribution in [-0.4, -0.2) is 54.5 Å². The molecule has 0 radical (unpaired) electrons. The maximum absolute atomic E-state index is 12.9. The summed E-state index contributed by atoms with van der Waals surface area (Å²) in [6.45, 7) is 9.09. The molecule has 0 fully saturated rings. The fourth-order valence-electron chi connectivity index (χ4n) is 3.47. The van der Waals surface area contributed by atoms with Crippen molar-refractivity contribution >= 4 is 59.9 Å². The summed E-state index contributed by atoms with van der Waals surface area (Å²) in [6, 6.07) is 8.82. The van der Waals surface area contributed by atoms with Gasteiger partial charge in [0.05, 0.1) is 20.7 Å². The monoisotopic (exact) mass is 563 g/mol. The van der Waals surface area contributed by atoms with Gasteiger partial charge >= 0.3 is 5.97 Å². The van der Waals surface area contributed by atoms with Crippen LogP contribution in [0.15, 0.2) is 40.9 Å². The van der Waals surface area contributed by atoms with E-state index in [1.54, 1.807) is 19.1 Å². The number of hydrogen-bond donors (Lipinski definition) is 1. The summed E-state index contributed by atoms with van der Waals surface area (Å²) in [5.41, 5.74) is 0.343. The number of thiophene rings is 1. The molecule has 9 nitrogen and oxygen atoms in total. The van der Waals surface area contributed by atoms with Crippen LogP contribution < -0.4 is 10.1 Å². The van der Waals surface area contributed by atoms with E-state index in [2.05, 4.69) is 40.0 Å². The molecule has 0 saturated heterocycles. The third-order valence-corrected chi connectivity index (χ3v) is 7.10. The lowest BCUT2D eigenvalue weighted by Gasteiger charge is -2.18. The van der Waals surface area contributed by atoms with Gasteiger partial charge in [-0.25, -0.2) is 4.79 Å². The van der Waals surface area contributed by atoms with E-state index in [1.165, 1.54) is 35.6 Å². The zero-order valence-corrected chi connectivity index (χ0v) is 22.0. The summed E-state index contributed by atoms with van der Waals surface area (Å²) in [5, 5.41) is 14.6. The molecule has 1 aromatic heterocycles. The number of carbonyl (C=O) groups excluding carboxylic acids is 2. The Balaban J connectivity index is 1.98. The van der Waals surface area contributed by atoms with Crippen LogP contribution in [0.2, 0.25) is 0 Å². The van der Waals surface area contributed by atoms with Gasteiger partial charge in [0, 0.05) is 29.6 Å². The highest BCUT2D eigenvalue weighted by Gasteiger charge is 2.25. The summed E-state index contributed by atoms with van der Waals surface area (Å²) < 4.78 is 12.8. The van der Waals surface area contributed by atoms with Crippen LogP contribution in [0.5, 0.6) is 5.75 Å². The Labute approximate surface area is 215 Å². The number of esters is 1. The van der Waals surface area contributed by atoms with E-state index in [-0.39, 0.29) is 23.4 Å². The summed E-state index contributed by atoms with van der Waals surface area (Å²) in [7, 11) is 0. The van der Waals surface area contributed by atoms with Gasteiger partial charge < -0.3 is 19.7 Å². The summed E-state index contributed by atoms with van der Waals surface area (Å²) in [5.74, 6) is -0.477. The molecule has 0 aliphatic rings. The number of anilines is 1. The average molecular weight is 564 g/mol. The van der Waals surface area contributed by atoms with Gasteiger partial charge in [-0.15, -0.1) is 11.3 Å². The van der Waals surface area contributed by atoms with Gasteiger partial charge in [0.1, 0.15) is 17.2 Å². The summed E-state index contributed by atoms with van der Waals surface area (Å²) in [6.07, 6.45) is 0. The summed E-state index contributed by atoms with van der Waals surface area (Å²) in [4.78, 5) is 38.4. The minimum absolute atomic E-state index is 0.119. The molecular formula is C24H26BrN3O6S. The fourth-order valence-corrected chi connectivity index (χ4v) is 5.23. The lowest BCUT2D eigenvalue weighted by Crippen LogP contribution is -2.27. The number of fused-ring (bicyclic) bond motifs is 1. The minimum Gasteiger partial charge on any atom is -0.490 e. The van der Waals surface area contributed by atoms with Crippen molar-refractivity contribution in [1.82, 2.24) is 4.90 Å². The molecule has 1 amide bonds. The Morgan fingerprint density at radius 1 is 1.11 bits per heavy atom. The number of halogens is 1. The molecule has 0 aliphatic heterocycles. The topological polar surface area (TPSA) is 111 Å². The van der Waals surface area contributed by atoms with Crippen LogP contribution in [0, 0.1) is 10.1 Å². The lowest BCUT2D eigenvalue weighted by molar-refractivity contribution is -0.384. The SMILES string of the molecule is CCOC(=O)c1c(NC(=O)c2ccc([N+](=O)[O-])cc2)sc2c(OCCN(CC)CC)c(Br)ccc12. The van der Waals surface area contributed by atoms with E-state index in [9.17, 15) is 19.7 Å². The van der Waals surface area contributed by atoms with Crippen molar-refractivity contribution in [2.24, 2.45) is 0 Å². The average Bonchev–Trinajstić information content (AvgIpc) is 3.21. The number of likely N-dealkylation sites (N-methyl/N-ethyl adjacent to an activating group) is 1. The van der Waals surface area contributed by atoms with E-state index in [0.29, 0.717) is 27.4 Å². The fraction of sp³-hybridized carbons (Fsp3) is 0.333. The summed E-state index contributed by atoms with van der Waals surface area (Å²) >= 11 is 4.75. The van der Waals surface area contributed by atoms with Crippen LogP contribution in [0.1, 0.15) is 41.5 Å². The number of rotatable bonds is 11. The van der Waals surface area contributed by atoms with E-state index < -0.39 is 16.8 Å². The number of ether oxygens (including phenoxy) is 2. The molecule has 1 heterocycles. The van der Waals surface area contributed by atoms with Crippen molar-refractivity contribution < 1.29 is 24.0 Å². The first-order valence-corrected chi connectivity index (χ1v) is 12.7. The smallest absolute Gasteiger partial charge is 0.341 e. The van der Waals surface area contributed by atoms with E-state index in [0.717, 1.165) is 24.1 Å². The standard InChI is InChI=1S/C24H26BrN3O6S/c1-4-27(5-2)13-14-34-20-18(25)12-11-17-19(24(30)33-6-3)23(35-21(17)20)26-22(29)15-7-9-16(10-8-15)28(31)32/h7-12H,4-6,13-14H2,1-3H3,(H,26,29). The van der Waals surface area contributed by atoms with Crippen molar-refractivity contribution in [3.63, 3.8) is 0 Å². The predicted molar refractivity (Wildman–Crippen MR) is 140 cm³/mol. The van der Waals surface area contributed by atoms with Crippen LogP contribution in [0.25, 0.3) is 10.1 Å². The van der Waals surface area contributed by atoms with Crippen LogP contribution in [0.3, 0.4) is 0 Å². The highest BCUT2D eigenvalue weighted by atomic mass is 79.9.